The van der Waals surface area contributed by atoms with E-state index in [1.165, 1.54) is 12.4 Å². The predicted molar refractivity (Wildman–Crippen MR) is 81.7 cm³/mol. The van der Waals surface area contributed by atoms with Gasteiger partial charge in [-0.15, -0.1) is 0 Å². The van der Waals surface area contributed by atoms with Gasteiger partial charge in [-0.3, -0.25) is 0 Å². The minimum Gasteiger partial charge on any atom is -0.339 e. The van der Waals surface area contributed by atoms with Crippen molar-refractivity contribution >= 4 is 38.3 Å². The Kier molecular flexibility index (Phi) is 3.36. The zero-order valence-corrected chi connectivity index (χ0v) is 12.3. The minimum absolute atomic E-state index is 0.317. The highest BCUT2D eigenvalue weighted by molar-refractivity contribution is 9.10. The average Bonchev–Trinajstić information content (AvgIpc) is 2.45. The number of nitrogens with one attached hydrogen (secondary N) is 1. The van der Waals surface area contributed by atoms with Crippen LogP contribution >= 0.6 is 15.9 Å². The van der Waals surface area contributed by atoms with Gasteiger partial charge in [-0.25, -0.2) is 14.4 Å². The number of nitrogens with zero attached hydrogens (tertiary/aromatic N) is 2. The molecule has 0 aliphatic heterocycles. The van der Waals surface area contributed by atoms with Gasteiger partial charge in [0.05, 0.1) is 0 Å². The van der Waals surface area contributed by atoms with Crippen LogP contribution in [-0.2, 0) is 0 Å². The molecular weight excluding hydrogens is 321 g/mol. The molecule has 0 unspecified atom stereocenters. The Morgan fingerprint density at radius 3 is 2.75 bits per heavy atom. The van der Waals surface area contributed by atoms with Crippen LogP contribution in [0.15, 0.2) is 47.2 Å². The Labute approximate surface area is 124 Å². The molecule has 0 saturated heterocycles. The molecule has 3 rings (SSSR count). The van der Waals surface area contributed by atoms with Crippen molar-refractivity contribution in [2.45, 2.75) is 6.92 Å². The lowest BCUT2D eigenvalue weighted by Crippen LogP contribution is -1.98. The summed E-state index contributed by atoms with van der Waals surface area (Å²) in [6.07, 6.45) is 1.36. The summed E-state index contributed by atoms with van der Waals surface area (Å²) in [4.78, 5) is 8.20. The standard InChI is InChI=1S/C15H11BrFN3/c1-9-11(16)5-3-7-13(9)20-15-10-4-2-6-12(17)14(10)18-8-19-15/h2-8H,1H3,(H,18,19,20). The molecule has 3 aromatic rings. The Hall–Kier alpha value is -2.01. The minimum atomic E-state index is -0.348. The molecule has 0 amide bonds. The first kappa shape index (κ1) is 13.0. The molecule has 0 spiro atoms. The van der Waals surface area contributed by atoms with Gasteiger partial charge >= 0.3 is 0 Å². The van der Waals surface area contributed by atoms with Crippen LogP contribution in [0.4, 0.5) is 15.9 Å². The van der Waals surface area contributed by atoms with Crippen molar-refractivity contribution in [3.05, 3.63) is 58.6 Å². The zero-order chi connectivity index (χ0) is 14.1. The molecule has 0 fully saturated rings. The molecule has 1 N–H and O–H groups in total. The lowest BCUT2D eigenvalue weighted by Gasteiger charge is -2.11. The third-order valence-electron chi connectivity index (χ3n) is 3.14. The van der Waals surface area contributed by atoms with Crippen molar-refractivity contribution in [1.82, 2.24) is 9.97 Å². The number of aromatic nitrogens is 2. The summed E-state index contributed by atoms with van der Waals surface area (Å²) in [6, 6.07) is 10.7. The Bertz CT molecular complexity index is 789. The van der Waals surface area contributed by atoms with Crippen LogP contribution < -0.4 is 5.32 Å². The topological polar surface area (TPSA) is 37.8 Å². The van der Waals surface area contributed by atoms with Crippen LogP contribution in [0, 0.1) is 12.7 Å². The third-order valence-corrected chi connectivity index (χ3v) is 4.00. The predicted octanol–water partition coefficient (Wildman–Crippen LogP) is 4.58. The molecule has 0 aliphatic carbocycles. The van der Waals surface area contributed by atoms with Crippen molar-refractivity contribution in [2.75, 3.05) is 5.32 Å². The monoisotopic (exact) mass is 331 g/mol. The van der Waals surface area contributed by atoms with Gasteiger partial charge in [0.15, 0.2) is 0 Å². The lowest BCUT2D eigenvalue weighted by molar-refractivity contribution is 0.636. The van der Waals surface area contributed by atoms with Crippen molar-refractivity contribution in [3.8, 4) is 0 Å². The second kappa shape index (κ2) is 5.17. The molecule has 100 valence electrons. The first-order valence-electron chi connectivity index (χ1n) is 6.08. The van der Waals surface area contributed by atoms with E-state index in [9.17, 15) is 4.39 Å². The van der Waals surface area contributed by atoms with Crippen LogP contribution in [0.2, 0.25) is 0 Å². The van der Waals surface area contributed by atoms with Crippen LogP contribution in [0.1, 0.15) is 5.56 Å². The van der Waals surface area contributed by atoms with E-state index in [-0.39, 0.29) is 5.82 Å². The molecule has 20 heavy (non-hydrogen) atoms. The number of hydrogen-bond acceptors (Lipinski definition) is 3. The Balaban J connectivity index is 2.12. The number of rotatable bonds is 2. The maximum Gasteiger partial charge on any atom is 0.149 e. The van der Waals surface area contributed by atoms with Crippen molar-refractivity contribution < 1.29 is 4.39 Å². The first-order chi connectivity index (χ1) is 9.66. The fourth-order valence-corrected chi connectivity index (χ4v) is 2.39. The van der Waals surface area contributed by atoms with E-state index in [1.807, 2.05) is 25.1 Å². The van der Waals surface area contributed by atoms with E-state index >= 15 is 0 Å². The van der Waals surface area contributed by atoms with Crippen LogP contribution in [0.5, 0.6) is 0 Å². The maximum atomic E-state index is 13.7. The summed E-state index contributed by atoms with van der Waals surface area (Å²) in [7, 11) is 0. The number of fused-ring (bicyclic) bond motifs is 1. The van der Waals surface area contributed by atoms with Crippen LogP contribution in [0.3, 0.4) is 0 Å². The largest absolute Gasteiger partial charge is 0.339 e. The molecule has 0 bridgehead atoms. The van der Waals surface area contributed by atoms with Gasteiger partial charge in [0, 0.05) is 15.5 Å². The number of halogens is 2. The molecule has 1 heterocycles. The smallest absolute Gasteiger partial charge is 0.149 e. The van der Waals surface area contributed by atoms with E-state index in [4.69, 9.17) is 0 Å². The number of benzene rings is 2. The molecule has 0 aliphatic rings. The second-order valence-corrected chi connectivity index (χ2v) is 5.25. The van der Waals surface area contributed by atoms with Gasteiger partial charge in [-0.1, -0.05) is 28.1 Å². The first-order valence-corrected chi connectivity index (χ1v) is 6.87. The fourth-order valence-electron chi connectivity index (χ4n) is 2.02. The van der Waals surface area contributed by atoms with Gasteiger partial charge in [0.2, 0.25) is 0 Å². The number of para-hydroxylation sites is 1. The quantitative estimate of drug-likeness (QED) is 0.746. The SMILES string of the molecule is Cc1c(Br)cccc1Nc1ncnc2c(F)cccc12. The molecule has 0 atom stereocenters. The summed E-state index contributed by atoms with van der Waals surface area (Å²) >= 11 is 3.49. The highest BCUT2D eigenvalue weighted by atomic mass is 79.9. The van der Waals surface area contributed by atoms with Crippen molar-refractivity contribution in [3.63, 3.8) is 0 Å². The van der Waals surface area contributed by atoms with Gasteiger partial charge in [0.1, 0.15) is 23.5 Å². The molecule has 1 aromatic heterocycles. The summed E-state index contributed by atoms with van der Waals surface area (Å²) in [5, 5.41) is 3.89. The van der Waals surface area contributed by atoms with E-state index in [1.54, 1.807) is 12.1 Å². The van der Waals surface area contributed by atoms with Crippen molar-refractivity contribution in [2.24, 2.45) is 0 Å². The van der Waals surface area contributed by atoms with Gasteiger partial charge in [0.25, 0.3) is 0 Å². The highest BCUT2D eigenvalue weighted by Gasteiger charge is 2.09. The fraction of sp³-hybridized carbons (Fsp3) is 0.0667. The maximum absolute atomic E-state index is 13.7. The third kappa shape index (κ3) is 2.25. The van der Waals surface area contributed by atoms with E-state index in [0.717, 1.165) is 15.7 Å². The van der Waals surface area contributed by atoms with Crippen LogP contribution in [0.25, 0.3) is 10.9 Å². The highest BCUT2D eigenvalue weighted by Crippen LogP contribution is 2.29. The molecule has 5 heteroatoms. The summed E-state index contributed by atoms with van der Waals surface area (Å²) in [5.74, 6) is 0.245. The zero-order valence-electron chi connectivity index (χ0n) is 10.7. The van der Waals surface area contributed by atoms with Crippen LogP contribution in [-0.4, -0.2) is 9.97 Å². The Morgan fingerprint density at radius 2 is 1.90 bits per heavy atom. The molecule has 3 nitrogen and oxygen atoms in total. The molecule has 0 radical (unpaired) electrons. The van der Waals surface area contributed by atoms with Gasteiger partial charge in [-0.05, 0) is 36.8 Å². The van der Waals surface area contributed by atoms with E-state index < -0.39 is 0 Å². The summed E-state index contributed by atoms with van der Waals surface area (Å²) in [5.41, 5.74) is 2.30. The second-order valence-electron chi connectivity index (χ2n) is 4.40. The molecular formula is C15H11BrFN3. The molecule has 0 saturated carbocycles. The van der Waals surface area contributed by atoms with Crippen molar-refractivity contribution in [1.29, 1.82) is 0 Å². The number of anilines is 2. The molecule has 2 aromatic carbocycles. The normalized spacial score (nSPS) is 10.8. The lowest BCUT2D eigenvalue weighted by atomic mass is 10.2. The average molecular weight is 332 g/mol. The van der Waals surface area contributed by atoms with E-state index in [2.05, 4.69) is 31.2 Å². The van der Waals surface area contributed by atoms with Gasteiger partial charge in [-0.2, -0.15) is 0 Å². The number of hydrogen-bond donors (Lipinski definition) is 1. The van der Waals surface area contributed by atoms with Gasteiger partial charge < -0.3 is 5.32 Å². The van der Waals surface area contributed by atoms with E-state index in [0.29, 0.717) is 16.7 Å². The summed E-state index contributed by atoms with van der Waals surface area (Å²) in [6.45, 7) is 2.00. The Morgan fingerprint density at radius 1 is 1.10 bits per heavy atom. The summed E-state index contributed by atoms with van der Waals surface area (Å²) < 4.78 is 14.7.